The Morgan fingerprint density at radius 3 is 2.52 bits per heavy atom. The molecule has 0 saturated heterocycles. The molecule has 25 heavy (non-hydrogen) atoms. The number of aromatic nitrogens is 1. The van der Waals surface area contributed by atoms with Crippen molar-refractivity contribution in [2.75, 3.05) is 6.54 Å². The van der Waals surface area contributed by atoms with Gasteiger partial charge in [0.1, 0.15) is 5.56 Å². The number of amides is 1. The number of hydrogen-bond acceptors (Lipinski definition) is 4. The first kappa shape index (κ1) is 18.4. The summed E-state index contributed by atoms with van der Waals surface area (Å²) in [6.07, 6.45) is 1.31. The van der Waals surface area contributed by atoms with Gasteiger partial charge in [0.2, 0.25) is 0 Å². The van der Waals surface area contributed by atoms with Gasteiger partial charge < -0.3 is 15.0 Å². The van der Waals surface area contributed by atoms with E-state index in [-0.39, 0.29) is 11.5 Å². The molecule has 132 valence electrons. The standard InChI is InChI=1S/C19H22N2O4/c1-3-14(15-8-5-4-6-9-15)12-21-17(22)13(2)25-19(24)16-10-7-11-20-18(16)23/h4-11,13-14H,3,12H2,1-2H3,(H,20,23)(H,21,22)/t13-,14+/m0/s1. The highest BCUT2D eigenvalue weighted by Crippen LogP contribution is 2.18. The van der Waals surface area contributed by atoms with E-state index in [2.05, 4.69) is 17.2 Å². The molecule has 0 saturated carbocycles. The van der Waals surface area contributed by atoms with E-state index >= 15 is 0 Å². The van der Waals surface area contributed by atoms with Gasteiger partial charge in [-0.3, -0.25) is 9.59 Å². The number of aromatic amines is 1. The van der Waals surface area contributed by atoms with Crippen LogP contribution in [0.2, 0.25) is 0 Å². The minimum atomic E-state index is -0.986. The molecule has 2 rings (SSSR count). The van der Waals surface area contributed by atoms with Crippen LogP contribution in [0.15, 0.2) is 53.5 Å². The van der Waals surface area contributed by atoms with Gasteiger partial charge in [-0.2, -0.15) is 0 Å². The summed E-state index contributed by atoms with van der Waals surface area (Å²) in [5.74, 6) is -1.03. The molecule has 0 aliphatic carbocycles. The zero-order chi connectivity index (χ0) is 18.2. The molecule has 0 aliphatic heterocycles. The summed E-state index contributed by atoms with van der Waals surface area (Å²) in [4.78, 5) is 38.1. The van der Waals surface area contributed by atoms with Crippen molar-refractivity contribution in [1.29, 1.82) is 0 Å². The fourth-order valence-corrected chi connectivity index (χ4v) is 2.45. The van der Waals surface area contributed by atoms with Gasteiger partial charge >= 0.3 is 5.97 Å². The Balaban J connectivity index is 1.91. The molecule has 1 heterocycles. The van der Waals surface area contributed by atoms with Gasteiger partial charge in [-0.25, -0.2) is 4.79 Å². The van der Waals surface area contributed by atoms with Crippen LogP contribution in [0.3, 0.4) is 0 Å². The maximum Gasteiger partial charge on any atom is 0.344 e. The molecular formula is C19H22N2O4. The zero-order valence-electron chi connectivity index (χ0n) is 14.3. The van der Waals surface area contributed by atoms with Crippen LogP contribution in [-0.4, -0.2) is 29.5 Å². The van der Waals surface area contributed by atoms with Crippen molar-refractivity contribution in [2.45, 2.75) is 32.3 Å². The molecule has 0 fully saturated rings. The van der Waals surface area contributed by atoms with E-state index < -0.39 is 23.5 Å². The summed E-state index contributed by atoms with van der Waals surface area (Å²) in [5.41, 5.74) is 0.471. The minimum Gasteiger partial charge on any atom is -0.449 e. The molecule has 2 atom stereocenters. The van der Waals surface area contributed by atoms with E-state index in [1.54, 1.807) is 0 Å². The van der Waals surface area contributed by atoms with Gasteiger partial charge in [-0.05, 0) is 31.0 Å². The number of pyridine rings is 1. The predicted octanol–water partition coefficient (Wildman–Crippen LogP) is 2.23. The second kappa shape index (κ2) is 8.82. The summed E-state index contributed by atoms with van der Waals surface area (Å²) in [6.45, 7) is 3.98. The van der Waals surface area contributed by atoms with Gasteiger partial charge in [0.15, 0.2) is 6.10 Å². The van der Waals surface area contributed by atoms with Crippen molar-refractivity contribution in [3.05, 3.63) is 70.1 Å². The first-order valence-corrected chi connectivity index (χ1v) is 8.24. The van der Waals surface area contributed by atoms with Crippen molar-refractivity contribution >= 4 is 11.9 Å². The Bertz CT molecular complexity index is 770. The molecule has 2 N–H and O–H groups in total. The second-order valence-electron chi connectivity index (χ2n) is 5.72. The number of hydrogen-bond donors (Lipinski definition) is 2. The van der Waals surface area contributed by atoms with Crippen molar-refractivity contribution in [3.8, 4) is 0 Å². The van der Waals surface area contributed by atoms with Crippen LogP contribution in [0.1, 0.15) is 42.1 Å². The molecular weight excluding hydrogens is 320 g/mol. The average Bonchev–Trinajstić information content (AvgIpc) is 2.63. The van der Waals surface area contributed by atoms with Crippen LogP contribution in [0.25, 0.3) is 0 Å². The summed E-state index contributed by atoms with van der Waals surface area (Å²) >= 11 is 0. The lowest BCUT2D eigenvalue weighted by atomic mass is 9.96. The van der Waals surface area contributed by atoms with Gasteiger partial charge in [0, 0.05) is 18.7 Å². The third-order valence-electron chi connectivity index (χ3n) is 3.98. The average molecular weight is 342 g/mol. The highest BCUT2D eigenvalue weighted by atomic mass is 16.5. The number of rotatable bonds is 7. The Morgan fingerprint density at radius 1 is 1.16 bits per heavy atom. The van der Waals surface area contributed by atoms with Crippen molar-refractivity contribution in [3.63, 3.8) is 0 Å². The first-order chi connectivity index (χ1) is 12.0. The van der Waals surface area contributed by atoms with E-state index in [0.29, 0.717) is 6.54 Å². The van der Waals surface area contributed by atoms with E-state index in [1.165, 1.54) is 25.3 Å². The van der Waals surface area contributed by atoms with E-state index in [9.17, 15) is 14.4 Å². The van der Waals surface area contributed by atoms with Crippen LogP contribution in [0, 0.1) is 0 Å². The van der Waals surface area contributed by atoms with E-state index in [0.717, 1.165) is 12.0 Å². The second-order valence-corrected chi connectivity index (χ2v) is 5.72. The lowest BCUT2D eigenvalue weighted by Crippen LogP contribution is -2.38. The van der Waals surface area contributed by atoms with Crippen LogP contribution in [0.5, 0.6) is 0 Å². The molecule has 1 aromatic heterocycles. The predicted molar refractivity (Wildman–Crippen MR) is 94.4 cm³/mol. The molecule has 0 radical (unpaired) electrons. The van der Waals surface area contributed by atoms with E-state index in [4.69, 9.17) is 4.74 Å². The first-order valence-electron chi connectivity index (χ1n) is 8.24. The number of nitrogens with one attached hydrogen (secondary N) is 2. The van der Waals surface area contributed by atoms with Gasteiger partial charge in [-0.15, -0.1) is 0 Å². The number of benzene rings is 1. The molecule has 0 bridgehead atoms. The fourth-order valence-electron chi connectivity index (χ4n) is 2.45. The van der Waals surface area contributed by atoms with Crippen LogP contribution in [-0.2, 0) is 9.53 Å². The highest BCUT2D eigenvalue weighted by molar-refractivity contribution is 5.91. The number of H-pyrrole nitrogens is 1. The third kappa shape index (κ3) is 5.04. The maximum atomic E-state index is 12.2. The summed E-state index contributed by atoms with van der Waals surface area (Å²) in [5, 5.41) is 2.80. The monoisotopic (exact) mass is 342 g/mol. The third-order valence-corrected chi connectivity index (χ3v) is 3.98. The number of carbonyl (C=O) groups is 2. The lowest BCUT2D eigenvalue weighted by molar-refractivity contribution is -0.129. The number of carbonyl (C=O) groups excluding carboxylic acids is 2. The normalized spacial score (nSPS) is 12.9. The van der Waals surface area contributed by atoms with E-state index in [1.807, 2.05) is 30.3 Å². The van der Waals surface area contributed by atoms with Crippen molar-refractivity contribution in [1.82, 2.24) is 10.3 Å². The lowest BCUT2D eigenvalue weighted by Gasteiger charge is -2.18. The molecule has 0 unspecified atom stereocenters. The molecule has 6 nitrogen and oxygen atoms in total. The Hall–Kier alpha value is -2.89. The Labute approximate surface area is 146 Å². The smallest absolute Gasteiger partial charge is 0.344 e. The number of ether oxygens (including phenoxy) is 1. The van der Waals surface area contributed by atoms with Crippen molar-refractivity contribution in [2.24, 2.45) is 0 Å². The maximum absolute atomic E-state index is 12.2. The van der Waals surface area contributed by atoms with Gasteiger partial charge in [0.05, 0.1) is 0 Å². The number of esters is 1. The molecule has 0 aliphatic rings. The highest BCUT2D eigenvalue weighted by Gasteiger charge is 2.21. The molecule has 0 spiro atoms. The fraction of sp³-hybridized carbons (Fsp3) is 0.316. The zero-order valence-corrected chi connectivity index (χ0v) is 14.3. The largest absolute Gasteiger partial charge is 0.449 e. The summed E-state index contributed by atoms with van der Waals surface area (Å²) < 4.78 is 5.08. The van der Waals surface area contributed by atoms with Crippen LogP contribution >= 0.6 is 0 Å². The summed E-state index contributed by atoms with van der Waals surface area (Å²) in [7, 11) is 0. The molecule has 6 heteroatoms. The Kier molecular flexibility index (Phi) is 6.51. The quantitative estimate of drug-likeness (QED) is 0.755. The molecule has 1 amide bonds. The van der Waals surface area contributed by atoms with Gasteiger partial charge in [-0.1, -0.05) is 37.3 Å². The Morgan fingerprint density at radius 2 is 1.88 bits per heavy atom. The summed E-state index contributed by atoms with van der Waals surface area (Å²) in [6, 6.07) is 12.8. The topological polar surface area (TPSA) is 88.3 Å². The van der Waals surface area contributed by atoms with Gasteiger partial charge in [0.25, 0.3) is 11.5 Å². The molecule has 1 aromatic carbocycles. The molecule has 2 aromatic rings. The van der Waals surface area contributed by atoms with Crippen LogP contribution < -0.4 is 10.9 Å². The minimum absolute atomic E-state index is 0.127. The van der Waals surface area contributed by atoms with Crippen molar-refractivity contribution < 1.29 is 14.3 Å². The SMILES string of the molecule is CC[C@H](CNC(=O)[C@H](C)OC(=O)c1ccc[nH]c1=O)c1ccccc1. The van der Waals surface area contributed by atoms with Crippen LogP contribution in [0.4, 0.5) is 0 Å².